The van der Waals surface area contributed by atoms with E-state index < -0.39 is 5.97 Å². The Morgan fingerprint density at radius 2 is 1.77 bits per heavy atom. The first-order chi connectivity index (χ1) is 6.22. The molecule has 0 heterocycles. The van der Waals surface area contributed by atoms with Crippen molar-refractivity contribution in [2.45, 2.75) is 58.8 Å². The highest BCUT2D eigenvalue weighted by Crippen LogP contribution is 2.13. The van der Waals surface area contributed by atoms with Crippen molar-refractivity contribution in [1.82, 2.24) is 0 Å². The second-order valence-corrected chi connectivity index (χ2v) is 3.63. The summed E-state index contributed by atoms with van der Waals surface area (Å²) in [6.07, 6.45) is 7.43. The molecule has 0 spiro atoms. The first-order valence-electron chi connectivity index (χ1n) is 5.43. The average Bonchev–Trinajstić information content (AvgIpc) is 2.10. The maximum atomic E-state index is 10.5. The molecule has 1 unspecified atom stereocenters. The van der Waals surface area contributed by atoms with Crippen molar-refractivity contribution in [2.24, 2.45) is 5.92 Å². The lowest BCUT2D eigenvalue weighted by atomic mass is 9.98. The van der Waals surface area contributed by atoms with E-state index in [1.165, 1.54) is 19.3 Å². The molecule has 0 aromatic carbocycles. The molecule has 0 aromatic heterocycles. The average molecular weight is 185 g/mol. The smallest absolute Gasteiger partial charge is 0.0445 e. The normalized spacial score (nSPS) is 12.8. The highest BCUT2D eigenvalue weighted by molar-refractivity contribution is 5.67. The topological polar surface area (TPSA) is 40.1 Å². The molecule has 2 heteroatoms. The zero-order chi connectivity index (χ0) is 10.1. The molecule has 0 fully saturated rings. The lowest BCUT2D eigenvalue weighted by Gasteiger charge is -2.15. The molecule has 0 aliphatic heterocycles. The maximum absolute atomic E-state index is 10.5. The van der Waals surface area contributed by atoms with E-state index in [2.05, 4.69) is 6.92 Å². The lowest BCUT2D eigenvalue weighted by Crippen LogP contribution is -2.30. The summed E-state index contributed by atoms with van der Waals surface area (Å²) in [6, 6.07) is 0. The zero-order valence-electron chi connectivity index (χ0n) is 8.84. The minimum Gasteiger partial charge on any atom is -0.550 e. The predicted molar refractivity (Wildman–Crippen MR) is 52.2 cm³/mol. The minimum absolute atomic E-state index is 0.221. The first-order valence-corrected chi connectivity index (χ1v) is 5.43. The lowest BCUT2D eigenvalue weighted by molar-refractivity contribution is -0.311. The number of carboxylic acids is 1. The van der Waals surface area contributed by atoms with Crippen LogP contribution in [0.1, 0.15) is 58.8 Å². The van der Waals surface area contributed by atoms with E-state index in [1.807, 2.05) is 6.92 Å². The Morgan fingerprint density at radius 1 is 1.15 bits per heavy atom. The van der Waals surface area contributed by atoms with Crippen LogP contribution in [0, 0.1) is 5.92 Å². The van der Waals surface area contributed by atoms with E-state index in [9.17, 15) is 9.90 Å². The molecule has 1 atom stereocenters. The fourth-order valence-electron chi connectivity index (χ4n) is 1.48. The number of hydrogen-bond acceptors (Lipinski definition) is 2. The van der Waals surface area contributed by atoms with E-state index in [-0.39, 0.29) is 5.92 Å². The van der Waals surface area contributed by atoms with E-state index >= 15 is 0 Å². The monoisotopic (exact) mass is 185 g/mol. The maximum Gasteiger partial charge on any atom is 0.0445 e. The largest absolute Gasteiger partial charge is 0.550 e. The minimum atomic E-state index is -0.877. The molecule has 0 aliphatic carbocycles. The molecular weight excluding hydrogens is 164 g/mol. The number of rotatable bonds is 8. The summed E-state index contributed by atoms with van der Waals surface area (Å²) in [5.74, 6) is -1.10. The Hall–Kier alpha value is -0.530. The third-order valence-electron chi connectivity index (χ3n) is 2.48. The fraction of sp³-hybridized carbons (Fsp3) is 0.909. The molecular formula is C11H21O2-. The number of hydrogen-bond donors (Lipinski definition) is 0. The van der Waals surface area contributed by atoms with Gasteiger partial charge in [0.25, 0.3) is 0 Å². The Morgan fingerprint density at radius 3 is 2.23 bits per heavy atom. The van der Waals surface area contributed by atoms with Crippen LogP contribution in [0.2, 0.25) is 0 Å². The van der Waals surface area contributed by atoms with Crippen LogP contribution in [0.3, 0.4) is 0 Å². The van der Waals surface area contributed by atoms with Crippen molar-refractivity contribution < 1.29 is 9.90 Å². The molecule has 0 aliphatic rings. The van der Waals surface area contributed by atoms with E-state index in [1.54, 1.807) is 0 Å². The van der Waals surface area contributed by atoms with E-state index in [0.717, 1.165) is 19.3 Å². The third-order valence-corrected chi connectivity index (χ3v) is 2.48. The van der Waals surface area contributed by atoms with Crippen molar-refractivity contribution in [2.75, 3.05) is 0 Å². The van der Waals surface area contributed by atoms with Crippen LogP contribution >= 0.6 is 0 Å². The van der Waals surface area contributed by atoms with Crippen LogP contribution in [0.25, 0.3) is 0 Å². The van der Waals surface area contributed by atoms with Gasteiger partial charge < -0.3 is 9.90 Å². The number of carbonyl (C=O) groups is 1. The van der Waals surface area contributed by atoms with Crippen molar-refractivity contribution in [3.8, 4) is 0 Å². The molecule has 0 amide bonds. The van der Waals surface area contributed by atoms with Crippen LogP contribution in [0.4, 0.5) is 0 Å². The van der Waals surface area contributed by atoms with Crippen molar-refractivity contribution in [1.29, 1.82) is 0 Å². The number of unbranched alkanes of at least 4 members (excludes halogenated alkanes) is 4. The van der Waals surface area contributed by atoms with Crippen LogP contribution < -0.4 is 5.11 Å². The van der Waals surface area contributed by atoms with Crippen molar-refractivity contribution in [3.63, 3.8) is 0 Å². The molecule has 13 heavy (non-hydrogen) atoms. The summed E-state index contributed by atoms with van der Waals surface area (Å²) < 4.78 is 0. The van der Waals surface area contributed by atoms with Gasteiger partial charge in [-0.2, -0.15) is 0 Å². The molecule has 0 bridgehead atoms. The molecule has 0 N–H and O–H groups in total. The quantitative estimate of drug-likeness (QED) is 0.543. The van der Waals surface area contributed by atoms with Gasteiger partial charge in [-0.05, 0) is 18.8 Å². The number of carbonyl (C=O) groups excluding carboxylic acids is 1. The SMILES string of the molecule is CCCCCCCC(CC)C(=O)[O-]. The summed E-state index contributed by atoms with van der Waals surface area (Å²) in [5.41, 5.74) is 0. The molecule has 2 nitrogen and oxygen atoms in total. The summed E-state index contributed by atoms with van der Waals surface area (Å²) in [5, 5.41) is 10.5. The Balaban J connectivity index is 3.33. The molecule has 0 aromatic rings. The van der Waals surface area contributed by atoms with Gasteiger partial charge in [-0.25, -0.2) is 0 Å². The Bertz CT molecular complexity index is 132. The van der Waals surface area contributed by atoms with Crippen LogP contribution in [0.15, 0.2) is 0 Å². The summed E-state index contributed by atoms with van der Waals surface area (Å²) in [7, 11) is 0. The molecule has 0 rings (SSSR count). The highest BCUT2D eigenvalue weighted by Gasteiger charge is 2.05. The van der Waals surface area contributed by atoms with Gasteiger partial charge in [-0.1, -0.05) is 46.0 Å². The van der Waals surface area contributed by atoms with Gasteiger partial charge in [-0.3, -0.25) is 0 Å². The van der Waals surface area contributed by atoms with Crippen molar-refractivity contribution in [3.05, 3.63) is 0 Å². The van der Waals surface area contributed by atoms with Gasteiger partial charge in [0, 0.05) is 5.97 Å². The number of carboxylic acid groups (broad SMARTS) is 1. The standard InChI is InChI=1S/C11H22O2/c1-3-5-6-7-8-9-10(4-2)11(12)13/h10H,3-9H2,1-2H3,(H,12,13)/p-1. The van der Waals surface area contributed by atoms with Crippen molar-refractivity contribution >= 4 is 5.97 Å². The Labute approximate surface area is 81.3 Å². The van der Waals surface area contributed by atoms with Gasteiger partial charge in [0.15, 0.2) is 0 Å². The fourth-order valence-corrected chi connectivity index (χ4v) is 1.48. The summed E-state index contributed by atoms with van der Waals surface area (Å²) >= 11 is 0. The van der Waals surface area contributed by atoms with Gasteiger partial charge >= 0.3 is 0 Å². The first kappa shape index (κ1) is 12.5. The predicted octanol–water partition coefficient (Wildman–Crippen LogP) is 2.12. The van der Waals surface area contributed by atoms with Crippen LogP contribution in [-0.2, 0) is 4.79 Å². The second-order valence-electron chi connectivity index (χ2n) is 3.63. The van der Waals surface area contributed by atoms with Crippen LogP contribution in [0.5, 0.6) is 0 Å². The summed E-state index contributed by atoms with van der Waals surface area (Å²) in [4.78, 5) is 10.5. The molecule has 0 saturated heterocycles. The highest BCUT2D eigenvalue weighted by atomic mass is 16.4. The summed E-state index contributed by atoms with van der Waals surface area (Å²) in [6.45, 7) is 4.09. The second kappa shape index (κ2) is 8.09. The number of aliphatic carboxylic acids is 1. The van der Waals surface area contributed by atoms with Gasteiger partial charge in [0.2, 0.25) is 0 Å². The third kappa shape index (κ3) is 6.62. The molecule has 0 radical (unpaired) electrons. The van der Waals surface area contributed by atoms with Crippen LogP contribution in [-0.4, -0.2) is 5.97 Å². The van der Waals surface area contributed by atoms with Gasteiger partial charge in [-0.15, -0.1) is 0 Å². The van der Waals surface area contributed by atoms with Gasteiger partial charge in [0.1, 0.15) is 0 Å². The molecule has 0 saturated carbocycles. The Kier molecular flexibility index (Phi) is 7.76. The van der Waals surface area contributed by atoms with E-state index in [4.69, 9.17) is 0 Å². The van der Waals surface area contributed by atoms with Gasteiger partial charge in [0.05, 0.1) is 0 Å². The van der Waals surface area contributed by atoms with E-state index in [0.29, 0.717) is 6.42 Å². The molecule has 78 valence electrons. The zero-order valence-corrected chi connectivity index (χ0v) is 8.84.